The summed E-state index contributed by atoms with van der Waals surface area (Å²) < 4.78 is 1.86. The first-order valence-electron chi connectivity index (χ1n) is 8.18. The molecular formula is C18H23N3O2S. The number of likely N-dealkylation sites (tertiary alicyclic amines) is 1. The number of imidazole rings is 1. The van der Waals surface area contributed by atoms with E-state index < -0.39 is 6.10 Å². The van der Waals surface area contributed by atoms with Crippen molar-refractivity contribution in [3.8, 4) is 0 Å². The number of hydrogen-bond acceptors (Lipinski definition) is 4. The number of carbonyl (C=O) groups is 1. The third kappa shape index (κ3) is 3.49. The van der Waals surface area contributed by atoms with Crippen LogP contribution in [0.25, 0.3) is 0 Å². The molecule has 1 fully saturated rings. The van der Waals surface area contributed by atoms with E-state index in [0.29, 0.717) is 18.9 Å². The Hall–Kier alpha value is -1.79. The number of piperidine rings is 1. The summed E-state index contributed by atoms with van der Waals surface area (Å²) in [5.41, 5.74) is 0.732. The fourth-order valence-electron chi connectivity index (χ4n) is 3.21. The molecule has 6 heteroatoms. The number of aliphatic hydroxyl groups is 1. The Kier molecular flexibility index (Phi) is 5.26. The fraction of sp³-hybridized carbons (Fsp3) is 0.444. The molecule has 3 rings (SSSR count). The van der Waals surface area contributed by atoms with E-state index in [4.69, 9.17) is 0 Å². The summed E-state index contributed by atoms with van der Waals surface area (Å²) in [6.45, 7) is 1.35. The number of thioether (sulfide) groups is 1. The predicted molar refractivity (Wildman–Crippen MR) is 95.0 cm³/mol. The number of nitrogens with zero attached hydrogens (tertiary/aromatic N) is 3. The van der Waals surface area contributed by atoms with Crippen LogP contribution in [0.15, 0.2) is 41.6 Å². The maximum absolute atomic E-state index is 12.6. The maximum atomic E-state index is 12.6. The van der Waals surface area contributed by atoms with E-state index in [1.807, 2.05) is 53.2 Å². The quantitative estimate of drug-likeness (QED) is 0.866. The number of aryl methyl sites for hydroxylation is 1. The number of aliphatic hydroxyl groups excluding tert-OH is 1. The van der Waals surface area contributed by atoms with E-state index >= 15 is 0 Å². The number of amides is 1. The average molecular weight is 345 g/mol. The van der Waals surface area contributed by atoms with Gasteiger partial charge in [-0.3, -0.25) is 4.79 Å². The Bertz CT molecular complexity index is 691. The molecular weight excluding hydrogens is 322 g/mol. The van der Waals surface area contributed by atoms with Gasteiger partial charge in [-0.25, -0.2) is 4.98 Å². The van der Waals surface area contributed by atoms with Crippen molar-refractivity contribution < 1.29 is 9.90 Å². The molecule has 1 amide bonds. The molecule has 1 N–H and O–H groups in total. The Balaban J connectivity index is 1.60. The van der Waals surface area contributed by atoms with Crippen molar-refractivity contribution in [3.63, 3.8) is 0 Å². The van der Waals surface area contributed by atoms with Crippen molar-refractivity contribution in [2.45, 2.75) is 23.8 Å². The second kappa shape index (κ2) is 7.40. The first-order valence-corrected chi connectivity index (χ1v) is 9.41. The first-order chi connectivity index (χ1) is 11.6. The lowest BCUT2D eigenvalue weighted by Gasteiger charge is -2.34. The third-order valence-corrected chi connectivity index (χ3v) is 5.48. The lowest BCUT2D eigenvalue weighted by Crippen LogP contribution is -2.40. The van der Waals surface area contributed by atoms with Crippen molar-refractivity contribution in [2.24, 2.45) is 13.0 Å². The molecule has 1 aliphatic heterocycles. The molecule has 2 heterocycles. The number of rotatable bonds is 4. The molecule has 0 spiro atoms. The Morgan fingerprint density at radius 1 is 1.29 bits per heavy atom. The summed E-state index contributed by atoms with van der Waals surface area (Å²) in [7, 11) is 1.89. The van der Waals surface area contributed by atoms with Gasteiger partial charge in [0, 0.05) is 43.0 Å². The summed E-state index contributed by atoms with van der Waals surface area (Å²) >= 11 is 1.67. The van der Waals surface area contributed by atoms with E-state index in [-0.39, 0.29) is 11.8 Å². The van der Waals surface area contributed by atoms with Crippen LogP contribution in [0.4, 0.5) is 0 Å². The number of aromatic nitrogens is 2. The lowest BCUT2D eigenvalue weighted by molar-refractivity contribution is 0.0420. The van der Waals surface area contributed by atoms with E-state index in [1.54, 1.807) is 18.0 Å². The molecule has 1 aliphatic rings. The molecule has 2 aromatic rings. The molecule has 0 radical (unpaired) electrons. The molecule has 0 aliphatic carbocycles. The van der Waals surface area contributed by atoms with Crippen LogP contribution < -0.4 is 0 Å². The minimum absolute atomic E-state index is 0.0765. The Morgan fingerprint density at radius 2 is 1.96 bits per heavy atom. The van der Waals surface area contributed by atoms with Gasteiger partial charge in [-0.05, 0) is 49.3 Å². The van der Waals surface area contributed by atoms with Gasteiger partial charge in [0.25, 0.3) is 5.91 Å². The van der Waals surface area contributed by atoms with Crippen LogP contribution in [0.2, 0.25) is 0 Å². The Morgan fingerprint density at radius 3 is 2.50 bits per heavy atom. The monoisotopic (exact) mass is 345 g/mol. The minimum Gasteiger partial charge on any atom is -0.385 e. The third-order valence-electron chi connectivity index (χ3n) is 4.73. The van der Waals surface area contributed by atoms with Crippen molar-refractivity contribution in [1.29, 1.82) is 0 Å². The van der Waals surface area contributed by atoms with Gasteiger partial charge in [0.1, 0.15) is 11.9 Å². The van der Waals surface area contributed by atoms with Gasteiger partial charge in [0.15, 0.2) is 0 Å². The molecule has 0 saturated carbocycles. The SMILES string of the molecule is CSc1ccc(C(=O)N2CCC([C@H](O)c3nccn3C)CC2)cc1. The number of carbonyl (C=O) groups excluding carboxylic acids is 1. The maximum Gasteiger partial charge on any atom is 0.253 e. The second-order valence-corrected chi connectivity index (χ2v) is 7.08. The zero-order valence-corrected chi connectivity index (χ0v) is 14.9. The molecule has 24 heavy (non-hydrogen) atoms. The average Bonchev–Trinajstić information content (AvgIpc) is 3.06. The highest BCUT2D eigenvalue weighted by atomic mass is 32.2. The van der Waals surface area contributed by atoms with Crippen LogP contribution in [-0.2, 0) is 7.05 Å². The summed E-state index contributed by atoms with van der Waals surface area (Å²) in [4.78, 5) is 19.9. The minimum atomic E-state index is -0.567. The molecule has 128 valence electrons. The van der Waals surface area contributed by atoms with Crippen LogP contribution in [0.1, 0.15) is 35.1 Å². The summed E-state index contributed by atoms with van der Waals surface area (Å²) in [5.74, 6) is 0.925. The molecule has 1 aromatic carbocycles. The summed E-state index contributed by atoms with van der Waals surface area (Å²) in [5, 5.41) is 10.5. The smallest absolute Gasteiger partial charge is 0.253 e. The van der Waals surface area contributed by atoms with Gasteiger partial charge in [0.2, 0.25) is 0 Å². The highest BCUT2D eigenvalue weighted by Gasteiger charge is 2.30. The summed E-state index contributed by atoms with van der Waals surface area (Å²) in [6.07, 6.45) is 6.59. The highest BCUT2D eigenvalue weighted by molar-refractivity contribution is 7.98. The first kappa shape index (κ1) is 17.0. The number of hydrogen-bond donors (Lipinski definition) is 1. The number of benzene rings is 1. The molecule has 0 bridgehead atoms. The van der Waals surface area contributed by atoms with E-state index in [0.717, 1.165) is 23.3 Å². The largest absolute Gasteiger partial charge is 0.385 e. The molecule has 1 saturated heterocycles. The zero-order chi connectivity index (χ0) is 17.1. The van der Waals surface area contributed by atoms with Crippen LogP contribution >= 0.6 is 11.8 Å². The van der Waals surface area contributed by atoms with Crippen molar-refractivity contribution in [2.75, 3.05) is 19.3 Å². The van der Waals surface area contributed by atoms with Gasteiger partial charge in [0.05, 0.1) is 0 Å². The van der Waals surface area contributed by atoms with Crippen LogP contribution in [-0.4, -0.2) is 44.8 Å². The van der Waals surface area contributed by atoms with Crippen molar-refractivity contribution >= 4 is 17.7 Å². The van der Waals surface area contributed by atoms with Crippen LogP contribution in [0.3, 0.4) is 0 Å². The summed E-state index contributed by atoms with van der Waals surface area (Å²) in [6, 6.07) is 7.75. The fourth-order valence-corrected chi connectivity index (χ4v) is 3.62. The predicted octanol–water partition coefficient (Wildman–Crippen LogP) is 2.73. The van der Waals surface area contributed by atoms with E-state index in [2.05, 4.69) is 4.98 Å². The van der Waals surface area contributed by atoms with Crippen LogP contribution in [0.5, 0.6) is 0 Å². The zero-order valence-electron chi connectivity index (χ0n) is 14.1. The van der Waals surface area contributed by atoms with Gasteiger partial charge in [-0.2, -0.15) is 0 Å². The van der Waals surface area contributed by atoms with Gasteiger partial charge >= 0.3 is 0 Å². The molecule has 1 atom stereocenters. The topological polar surface area (TPSA) is 58.4 Å². The normalized spacial score (nSPS) is 17.0. The van der Waals surface area contributed by atoms with E-state index in [1.165, 1.54) is 0 Å². The standard InChI is InChI=1S/C18H23N3O2S/c1-20-12-9-19-17(20)16(22)13-7-10-21(11-8-13)18(23)14-3-5-15(24-2)6-4-14/h3-6,9,12-13,16,22H,7-8,10-11H2,1-2H3/t16-/m0/s1. The van der Waals surface area contributed by atoms with Gasteiger partial charge in [-0.1, -0.05) is 0 Å². The molecule has 5 nitrogen and oxygen atoms in total. The van der Waals surface area contributed by atoms with E-state index in [9.17, 15) is 9.90 Å². The van der Waals surface area contributed by atoms with Gasteiger partial charge < -0.3 is 14.6 Å². The lowest BCUT2D eigenvalue weighted by atomic mass is 9.90. The highest BCUT2D eigenvalue weighted by Crippen LogP contribution is 2.30. The van der Waals surface area contributed by atoms with Crippen molar-refractivity contribution in [3.05, 3.63) is 48.0 Å². The molecule has 0 unspecified atom stereocenters. The van der Waals surface area contributed by atoms with Crippen LogP contribution in [0, 0.1) is 5.92 Å². The van der Waals surface area contributed by atoms with Crippen molar-refractivity contribution in [1.82, 2.24) is 14.5 Å². The van der Waals surface area contributed by atoms with Gasteiger partial charge in [-0.15, -0.1) is 11.8 Å². The Labute approximate surface area is 146 Å². The second-order valence-electron chi connectivity index (χ2n) is 6.20. The molecule has 1 aromatic heterocycles.